The van der Waals surface area contributed by atoms with Crippen LogP contribution in [0.25, 0.3) is 11.0 Å². The highest BCUT2D eigenvalue weighted by atomic mass is 16.4. The second kappa shape index (κ2) is 6.86. The highest BCUT2D eigenvalue weighted by Crippen LogP contribution is 2.25. The van der Waals surface area contributed by atoms with Gasteiger partial charge in [0.25, 0.3) is 0 Å². The number of rotatable bonds is 4. The number of nitrogens with zero attached hydrogens (tertiary/aromatic N) is 1. The molecule has 25 heavy (non-hydrogen) atoms. The number of pyridine rings is 1. The van der Waals surface area contributed by atoms with E-state index in [0.717, 1.165) is 22.1 Å². The first-order valence-corrected chi connectivity index (χ1v) is 7.94. The van der Waals surface area contributed by atoms with Gasteiger partial charge in [0.2, 0.25) is 5.91 Å². The Bertz CT molecular complexity index is 980. The molecule has 2 aromatic heterocycles. The van der Waals surface area contributed by atoms with Crippen molar-refractivity contribution in [2.75, 3.05) is 5.32 Å². The fourth-order valence-electron chi connectivity index (χ4n) is 2.69. The van der Waals surface area contributed by atoms with Crippen LogP contribution in [0, 0.1) is 13.8 Å². The van der Waals surface area contributed by atoms with Crippen molar-refractivity contribution in [2.24, 2.45) is 5.73 Å². The lowest BCUT2D eigenvalue weighted by Crippen LogP contribution is -2.37. The van der Waals surface area contributed by atoms with Crippen LogP contribution in [0.4, 0.5) is 5.69 Å². The van der Waals surface area contributed by atoms with Gasteiger partial charge < -0.3 is 15.5 Å². The Balaban J connectivity index is 1.83. The number of nitrogens with two attached hydrogens (primary N) is 1. The molecule has 1 aromatic carbocycles. The van der Waals surface area contributed by atoms with Crippen LogP contribution < -0.4 is 16.7 Å². The van der Waals surface area contributed by atoms with E-state index in [2.05, 4.69) is 10.3 Å². The molecule has 0 bridgehead atoms. The first-order chi connectivity index (χ1) is 11.9. The molecule has 3 N–H and O–H groups in total. The Morgan fingerprint density at radius 1 is 1.20 bits per heavy atom. The van der Waals surface area contributed by atoms with Gasteiger partial charge in [-0.2, -0.15) is 0 Å². The Morgan fingerprint density at radius 2 is 1.92 bits per heavy atom. The van der Waals surface area contributed by atoms with Crippen molar-refractivity contribution in [3.63, 3.8) is 0 Å². The van der Waals surface area contributed by atoms with E-state index in [1.54, 1.807) is 24.5 Å². The van der Waals surface area contributed by atoms with Gasteiger partial charge in [0, 0.05) is 29.5 Å². The molecule has 128 valence electrons. The average Bonchev–Trinajstić information content (AvgIpc) is 2.56. The minimum atomic E-state index is -0.674. The van der Waals surface area contributed by atoms with Gasteiger partial charge in [-0.05, 0) is 61.2 Å². The van der Waals surface area contributed by atoms with E-state index in [-0.39, 0.29) is 11.5 Å². The van der Waals surface area contributed by atoms with Crippen LogP contribution in [0.2, 0.25) is 0 Å². The van der Waals surface area contributed by atoms with Crippen LogP contribution in [-0.2, 0) is 11.2 Å². The SMILES string of the molecule is Cc1cc2oc(=O)cc(C)c2cc1NC(=O)[C@H](N)Cc1ccncc1. The number of nitrogens with one attached hydrogen (secondary N) is 1. The number of hydrogen-bond donors (Lipinski definition) is 2. The molecule has 0 saturated carbocycles. The molecule has 0 aliphatic rings. The largest absolute Gasteiger partial charge is 0.423 e. The zero-order valence-corrected chi connectivity index (χ0v) is 14.1. The third kappa shape index (κ3) is 3.75. The predicted octanol–water partition coefficient (Wildman–Crippen LogP) is 2.31. The lowest BCUT2D eigenvalue weighted by Gasteiger charge is -2.15. The number of carbonyl (C=O) groups is 1. The summed E-state index contributed by atoms with van der Waals surface area (Å²) in [4.78, 5) is 27.9. The molecular weight excluding hydrogens is 318 g/mol. The maximum Gasteiger partial charge on any atom is 0.336 e. The van der Waals surface area contributed by atoms with Crippen molar-refractivity contribution in [3.05, 3.63) is 69.8 Å². The van der Waals surface area contributed by atoms with Crippen molar-refractivity contribution in [3.8, 4) is 0 Å². The van der Waals surface area contributed by atoms with Crippen LogP contribution >= 0.6 is 0 Å². The van der Waals surface area contributed by atoms with Crippen molar-refractivity contribution in [1.82, 2.24) is 4.98 Å². The number of aromatic nitrogens is 1. The summed E-state index contributed by atoms with van der Waals surface area (Å²) in [7, 11) is 0. The van der Waals surface area contributed by atoms with Gasteiger partial charge in [-0.25, -0.2) is 4.79 Å². The fraction of sp³-hybridized carbons (Fsp3) is 0.211. The van der Waals surface area contributed by atoms with Gasteiger partial charge in [0.15, 0.2) is 0 Å². The number of fused-ring (bicyclic) bond motifs is 1. The molecule has 0 spiro atoms. The molecule has 3 aromatic rings. The number of aryl methyl sites for hydroxylation is 2. The third-order valence-corrected chi connectivity index (χ3v) is 4.10. The number of benzene rings is 1. The maximum atomic E-state index is 12.4. The number of amides is 1. The first-order valence-electron chi connectivity index (χ1n) is 7.94. The highest BCUT2D eigenvalue weighted by Gasteiger charge is 2.16. The standard InChI is InChI=1S/C19H19N3O3/c1-11-8-18(23)25-17-7-12(2)16(10-14(11)17)22-19(24)15(20)9-13-3-5-21-6-4-13/h3-8,10,15H,9,20H2,1-2H3,(H,22,24)/t15-/m1/s1. The maximum absolute atomic E-state index is 12.4. The van der Waals surface area contributed by atoms with Gasteiger partial charge in [-0.3, -0.25) is 9.78 Å². The van der Waals surface area contributed by atoms with Crippen LogP contribution in [0.1, 0.15) is 16.7 Å². The summed E-state index contributed by atoms with van der Waals surface area (Å²) in [5.74, 6) is -0.269. The quantitative estimate of drug-likeness (QED) is 0.712. The van der Waals surface area contributed by atoms with Crippen LogP contribution in [-0.4, -0.2) is 16.9 Å². The second-order valence-electron chi connectivity index (χ2n) is 6.07. The molecule has 1 amide bonds. The topological polar surface area (TPSA) is 98.2 Å². The molecule has 6 heteroatoms. The van der Waals surface area contributed by atoms with Crippen LogP contribution in [0.5, 0.6) is 0 Å². The highest BCUT2D eigenvalue weighted by molar-refractivity contribution is 5.98. The minimum Gasteiger partial charge on any atom is -0.423 e. The summed E-state index contributed by atoms with van der Waals surface area (Å²) < 4.78 is 5.21. The van der Waals surface area contributed by atoms with Crippen molar-refractivity contribution >= 4 is 22.6 Å². The van der Waals surface area contributed by atoms with E-state index in [9.17, 15) is 9.59 Å². The number of anilines is 1. The van der Waals surface area contributed by atoms with Crippen LogP contribution in [0.3, 0.4) is 0 Å². The summed E-state index contributed by atoms with van der Waals surface area (Å²) in [5.41, 5.74) is 9.32. The Kier molecular flexibility index (Phi) is 4.63. The smallest absolute Gasteiger partial charge is 0.336 e. The monoisotopic (exact) mass is 337 g/mol. The summed E-state index contributed by atoms with van der Waals surface area (Å²) in [6.07, 6.45) is 3.77. The zero-order chi connectivity index (χ0) is 18.0. The van der Waals surface area contributed by atoms with E-state index in [0.29, 0.717) is 17.7 Å². The predicted molar refractivity (Wildman–Crippen MR) is 96.5 cm³/mol. The zero-order valence-electron chi connectivity index (χ0n) is 14.1. The molecule has 1 atom stereocenters. The van der Waals surface area contributed by atoms with Gasteiger partial charge in [-0.15, -0.1) is 0 Å². The van der Waals surface area contributed by atoms with E-state index in [1.807, 2.05) is 26.0 Å². The average molecular weight is 337 g/mol. The van der Waals surface area contributed by atoms with E-state index in [4.69, 9.17) is 10.2 Å². The molecule has 0 fully saturated rings. The summed E-state index contributed by atoms with van der Waals surface area (Å²) in [6, 6.07) is 7.97. The first kappa shape index (κ1) is 16.9. The fourth-order valence-corrected chi connectivity index (χ4v) is 2.69. The lowest BCUT2D eigenvalue weighted by molar-refractivity contribution is -0.117. The normalized spacial score (nSPS) is 12.1. The van der Waals surface area contributed by atoms with Gasteiger partial charge in [0.1, 0.15) is 5.58 Å². The van der Waals surface area contributed by atoms with E-state index >= 15 is 0 Å². The summed E-state index contributed by atoms with van der Waals surface area (Å²) in [6.45, 7) is 3.67. The Labute approximate surface area is 144 Å². The molecule has 0 unspecified atom stereocenters. The molecule has 0 saturated heterocycles. The second-order valence-corrected chi connectivity index (χ2v) is 6.07. The minimum absolute atomic E-state index is 0.269. The number of hydrogen-bond acceptors (Lipinski definition) is 5. The van der Waals surface area contributed by atoms with Crippen molar-refractivity contribution in [1.29, 1.82) is 0 Å². The molecule has 6 nitrogen and oxygen atoms in total. The van der Waals surface area contributed by atoms with Gasteiger partial charge in [0.05, 0.1) is 6.04 Å². The van der Waals surface area contributed by atoms with Crippen molar-refractivity contribution in [2.45, 2.75) is 26.3 Å². The van der Waals surface area contributed by atoms with Gasteiger partial charge in [-0.1, -0.05) is 0 Å². The molecule has 3 rings (SSSR count). The van der Waals surface area contributed by atoms with E-state index in [1.165, 1.54) is 6.07 Å². The Hall–Kier alpha value is -2.99. The van der Waals surface area contributed by atoms with Crippen molar-refractivity contribution < 1.29 is 9.21 Å². The molecule has 0 radical (unpaired) electrons. The third-order valence-electron chi connectivity index (χ3n) is 4.10. The molecular formula is C19H19N3O3. The van der Waals surface area contributed by atoms with Crippen LogP contribution in [0.15, 0.2) is 51.9 Å². The summed E-state index contributed by atoms with van der Waals surface area (Å²) >= 11 is 0. The summed E-state index contributed by atoms with van der Waals surface area (Å²) in [5, 5.41) is 3.65. The van der Waals surface area contributed by atoms with Gasteiger partial charge >= 0.3 is 5.63 Å². The lowest BCUT2D eigenvalue weighted by atomic mass is 10.1. The number of carbonyl (C=O) groups excluding carboxylic acids is 1. The Morgan fingerprint density at radius 3 is 2.64 bits per heavy atom. The molecule has 0 aliphatic carbocycles. The molecule has 2 heterocycles. The van der Waals surface area contributed by atoms with E-state index < -0.39 is 6.04 Å². The molecule has 0 aliphatic heterocycles.